The lowest BCUT2D eigenvalue weighted by Crippen LogP contribution is -2.15. The molecule has 2 rings (SSSR count). The van der Waals surface area contributed by atoms with Crippen molar-refractivity contribution in [2.24, 2.45) is 0 Å². The molecule has 1 saturated carbocycles. The van der Waals surface area contributed by atoms with Crippen LogP contribution in [-0.2, 0) is 6.54 Å². The van der Waals surface area contributed by atoms with E-state index in [-0.39, 0.29) is 0 Å². The lowest BCUT2D eigenvalue weighted by molar-refractivity contribution is 0.460. The zero-order chi connectivity index (χ0) is 10.1. The second kappa shape index (κ2) is 3.91. The average Bonchev–Trinajstić information content (AvgIpc) is 2.92. The van der Waals surface area contributed by atoms with Crippen molar-refractivity contribution in [2.75, 3.05) is 0 Å². The van der Waals surface area contributed by atoms with E-state index in [1.807, 2.05) is 19.1 Å². The van der Waals surface area contributed by atoms with E-state index in [0.29, 0.717) is 11.8 Å². The van der Waals surface area contributed by atoms with Gasteiger partial charge in [-0.1, -0.05) is 6.07 Å². The average molecular weight is 256 g/mol. The van der Waals surface area contributed by atoms with Crippen molar-refractivity contribution in [3.8, 4) is 5.75 Å². The molecule has 0 aliphatic heterocycles. The lowest BCUT2D eigenvalue weighted by Gasteiger charge is -2.08. The van der Waals surface area contributed by atoms with Crippen molar-refractivity contribution in [1.29, 1.82) is 0 Å². The van der Waals surface area contributed by atoms with Gasteiger partial charge in [-0.05, 0) is 47.3 Å². The Hall–Kier alpha value is -0.540. The quantitative estimate of drug-likeness (QED) is 0.871. The van der Waals surface area contributed by atoms with E-state index >= 15 is 0 Å². The van der Waals surface area contributed by atoms with Crippen molar-refractivity contribution in [3.05, 3.63) is 27.7 Å². The molecule has 3 heteroatoms. The van der Waals surface area contributed by atoms with Gasteiger partial charge in [-0.15, -0.1) is 0 Å². The molecule has 2 nitrogen and oxygen atoms in total. The zero-order valence-electron chi connectivity index (χ0n) is 8.18. The van der Waals surface area contributed by atoms with Gasteiger partial charge in [0.15, 0.2) is 0 Å². The van der Waals surface area contributed by atoms with E-state index in [1.54, 1.807) is 0 Å². The molecule has 1 aromatic carbocycles. The number of phenolic OH excluding ortho intramolecular Hbond substituents is 1. The molecule has 0 unspecified atom stereocenters. The normalized spacial score (nSPS) is 15.9. The van der Waals surface area contributed by atoms with E-state index in [2.05, 4.69) is 21.2 Å². The fraction of sp³-hybridized carbons (Fsp3) is 0.455. The van der Waals surface area contributed by atoms with Crippen LogP contribution in [0.1, 0.15) is 24.0 Å². The van der Waals surface area contributed by atoms with Gasteiger partial charge in [-0.25, -0.2) is 0 Å². The largest absolute Gasteiger partial charge is 0.506 e. The number of nitrogens with one attached hydrogen (secondary N) is 1. The molecule has 0 radical (unpaired) electrons. The molecule has 14 heavy (non-hydrogen) atoms. The summed E-state index contributed by atoms with van der Waals surface area (Å²) in [6.07, 6.45) is 2.54. The minimum atomic E-state index is 0.365. The molecule has 0 spiro atoms. The summed E-state index contributed by atoms with van der Waals surface area (Å²) in [5.74, 6) is 0.365. The zero-order valence-corrected chi connectivity index (χ0v) is 9.76. The molecule has 0 heterocycles. The van der Waals surface area contributed by atoms with Crippen LogP contribution in [0.4, 0.5) is 0 Å². The third kappa shape index (κ3) is 2.28. The molecule has 1 aliphatic rings. The summed E-state index contributed by atoms with van der Waals surface area (Å²) in [5, 5.41) is 13.2. The Kier molecular flexibility index (Phi) is 2.79. The van der Waals surface area contributed by atoms with Gasteiger partial charge >= 0.3 is 0 Å². The highest BCUT2D eigenvalue weighted by Gasteiger charge is 2.20. The van der Waals surface area contributed by atoms with E-state index in [9.17, 15) is 5.11 Å². The van der Waals surface area contributed by atoms with Gasteiger partial charge in [0.1, 0.15) is 5.75 Å². The summed E-state index contributed by atoms with van der Waals surface area (Å²) in [6, 6.07) is 4.62. The molecule has 0 saturated heterocycles. The second-order valence-electron chi connectivity index (χ2n) is 3.91. The summed E-state index contributed by atoms with van der Waals surface area (Å²) in [5.41, 5.74) is 2.14. The van der Waals surface area contributed by atoms with Gasteiger partial charge < -0.3 is 10.4 Å². The van der Waals surface area contributed by atoms with Gasteiger partial charge in [0, 0.05) is 18.2 Å². The van der Waals surface area contributed by atoms with Crippen LogP contribution in [0.2, 0.25) is 0 Å². The molecule has 1 aromatic rings. The Bertz CT molecular complexity index is 347. The molecule has 1 fully saturated rings. The van der Waals surface area contributed by atoms with Crippen LogP contribution in [0.15, 0.2) is 16.6 Å². The predicted molar refractivity (Wildman–Crippen MR) is 60.4 cm³/mol. The number of rotatable bonds is 3. The summed E-state index contributed by atoms with van der Waals surface area (Å²) in [4.78, 5) is 0. The highest BCUT2D eigenvalue weighted by atomic mass is 79.9. The molecule has 2 N–H and O–H groups in total. The monoisotopic (exact) mass is 255 g/mol. The molecule has 0 aromatic heterocycles. The highest BCUT2D eigenvalue weighted by Crippen LogP contribution is 2.30. The van der Waals surface area contributed by atoms with Crippen LogP contribution in [0.25, 0.3) is 0 Å². The summed E-state index contributed by atoms with van der Waals surface area (Å²) in [6.45, 7) is 2.79. The molecular formula is C11H14BrNO. The van der Waals surface area contributed by atoms with E-state index in [1.165, 1.54) is 18.4 Å². The van der Waals surface area contributed by atoms with Crippen molar-refractivity contribution in [3.63, 3.8) is 0 Å². The first-order valence-corrected chi connectivity index (χ1v) is 5.67. The van der Waals surface area contributed by atoms with Gasteiger partial charge in [0.2, 0.25) is 0 Å². The number of aromatic hydroxyl groups is 1. The second-order valence-corrected chi connectivity index (χ2v) is 4.76. The molecular weight excluding hydrogens is 242 g/mol. The minimum absolute atomic E-state index is 0.365. The minimum Gasteiger partial charge on any atom is -0.506 e. The topological polar surface area (TPSA) is 32.3 Å². The molecule has 0 atom stereocenters. The van der Waals surface area contributed by atoms with Crippen molar-refractivity contribution in [2.45, 2.75) is 32.4 Å². The lowest BCUT2D eigenvalue weighted by atomic mass is 10.1. The van der Waals surface area contributed by atoms with Gasteiger partial charge in [-0.3, -0.25) is 0 Å². The summed E-state index contributed by atoms with van der Waals surface area (Å²) >= 11 is 3.34. The van der Waals surface area contributed by atoms with Crippen molar-refractivity contribution in [1.82, 2.24) is 5.32 Å². The number of hydrogen-bond donors (Lipinski definition) is 2. The third-order valence-electron chi connectivity index (χ3n) is 2.45. The smallest absolute Gasteiger partial charge is 0.134 e. The van der Waals surface area contributed by atoms with E-state index in [4.69, 9.17) is 0 Å². The summed E-state index contributed by atoms with van der Waals surface area (Å²) in [7, 11) is 0. The maximum atomic E-state index is 9.77. The van der Waals surface area contributed by atoms with Crippen LogP contribution < -0.4 is 5.32 Å². The molecule has 0 amide bonds. The van der Waals surface area contributed by atoms with Crippen LogP contribution >= 0.6 is 15.9 Å². The Balaban J connectivity index is 2.13. The summed E-state index contributed by atoms with van der Waals surface area (Å²) < 4.78 is 0.782. The number of hydrogen-bond acceptors (Lipinski definition) is 2. The predicted octanol–water partition coefficient (Wildman–Crippen LogP) is 2.72. The molecule has 0 bridgehead atoms. The maximum Gasteiger partial charge on any atom is 0.134 e. The molecule has 76 valence electrons. The van der Waals surface area contributed by atoms with Crippen LogP contribution in [0, 0.1) is 6.92 Å². The van der Waals surface area contributed by atoms with Gasteiger partial charge in [0.25, 0.3) is 0 Å². The number of phenols is 1. The van der Waals surface area contributed by atoms with Crippen LogP contribution in [0.3, 0.4) is 0 Å². The Morgan fingerprint density at radius 1 is 1.50 bits per heavy atom. The van der Waals surface area contributed by atoms with Gasteiger partial charge in [0.05, 0.1) is 4.47 Å². The Morgan fingerprint density at radius 2 is 2.21 bits per heavy atom. The Labute approximate surface area is 92.5 Å². The fourth-order valence-corrected chi connectivity index (χ4v) is 2.10. The first kappa shape index (κ1) is 9.99. The number of aryl methyl sites for hydroxylation is 1. The van der Waals surface area contributed by atoms with E-state index in [0.717, 1.165) is 16.6 Å². The number of benzene rings is 1. The van der Waals surface area contributed by atoms with Gasteiger partial charge in [-0.2, -0.15) is 0 Å². The Morgan fingerprint density at radius 3 is 2.86 bits per heavy atom. The number of halogens is 1. The molecule has 1 aliphatic carbocycles. The maximum absolute atomic E-state index is 9.77. The first-order chi connectivity index (χ1) is 6.66. The van der Waals surface area contributed by atoms with Crippen molar-refractivity contribution >= 4 is 15.9 Å². The highest BCUT2D eigenvalue weighted by molar-refractivity contribution is 9.10. The standard InChI is InChI=1S/C11H14BrNO/c1-7-4-8(6-13-9-2-3-9)11(14)10(12)5-7/h4-5,9,13-14H,2-3,6H2,1H3. The van der Waals surface area contributed by atoms with E-state index < -0.39 is 0 Å². The van der Waals surface area contributed by atoms with Crippen LogP contribution in [0.5, 0.6) is 5.75 Å². The van der Waals surface area contributed by atoms with Crippen molar-refractivity contribution < 1.29 is 5.11 Å². The third-order valence-corrected chi connectivity index (χ3v) is 3.05. The SMILES string of the molecule is Cc1cc(Br)c(O)c(CNC2CC2)c1. The van der Waals surface area contributed by atoms with Crippen LogP contribution in [-0.4, -0.2) is 11.1 Å². The fourth-order valence-electron chi connectivity index (χ4n) is 1.48. The first-order valence-electron chi connectivity index (χ1n) is 4.88.